The highest BCUT2D eigenvalue weighted by atomic mass is 32.2. The summed E-state index contributed by atoms with van der Waals surface area (Å²) in [6.07, 6.45) is 2.36. The molecule has 0 saturated heterocycles. The molecule has 1 N–H and O–H groups in total. The smallest absolute Gasteiger partial charge is 0.0530 e. The van der Waals surface area contributed by atoms with Gasteiger partial charge < -0.3 is 5.32 Å². The fraction of sp³-hybridized carbons (Fsp3) is 0.647. The fourth-order valence-corrected chi connectivity index (χ4v) is 5.48. The Hall–Kier alpha value is -0.670. The maximum Gasteiger partial charge on any atom is 0.0530 e. The Morgan fingerprint density at radius 2 is 1.90 bits per heavy atom. The topological polar surface area (TPSA) is 29.1 Å². The fourth-order valence-electron chi connectivity index (χ4n) is 3.57. The lowest BCUT2D eigenvalue weighted by atomic mass is 9.80. The van der Waals surface area contributed by atoms with E-state index in [1.54, 1.807) is 0 Å². The number of rotatable bonds is 5. The summed E-state index contributed by atoms with van der Waals surface area (Å²) in [5.74, 6) is 1.96. The van der Waals surface area contributed by atoms with Crippen LogP contribution >= 0.6 is 0 Å². The number of nitrogens with one attached hydrogen (secondary N) is 1. The highest BCUT2D eigenvalue weighted by Crippen LogP contribution is 2.33. The zero-order valence-electron chi connectivity index (χ0n) is 12.8. The highest BCUT2D eigenvalue weighted by Gasteiger charge is 2.37. The molecule has 0 radical (unpaired) electrons. The van der Waals surface area contributed by atoms with E-state index in [1.165, 1.54) is 12.0 Å². The normalized spacial score (nSPS) is 31.9. The molecular weight excluding hydrogens is 266 g/mol. The molecule has 0 aliphatic heterocycles. The molecule has 0 aromatic heterocycles. The van der Waals surface area contributed by atoms with Gasteiger partial charge in [0, 0.05) is 22.6 Å². The van der Waals surface area contributed by atoms with Gasteiger partial charge >= 0.3 is 0 Å². The number of hydrogen-bond donors (Lipinski definition) is 1. The van der Waals surface area contributed by atoms with Crippen molar-refractivity contribution in [3.05, 3.63) is 35.9 Å². The van der Waals surface area contributed by atoms with Gasteiger partial charge in [-0.05, 0) is 36.8 Å². The molecule has 112 valence electrons. The van der Waals surface area contributed by atoms with Crippen LogP contribution in [0.15, 0.2) is 30.3 Å². The molecule has 1 aliphatic rings. The van der Waals surface area contributed by atoms with E-state index < -0.39 is 10.8 Å². The van der Waals surface area contributed by atoms with E-state index in [2.05, 4.69) is 38.2 Å². The lowest BCUT2D eigenvalue weighted by molar-refractivity contribution is 0.248. The van der Waals surface area contributed by atoms with Gasteiger partial charge in [0.2, 0.25) is 0 Å². The first-order chi connectivity index (χ1) is 9.61. The van der Waals surface area contributed by atoms with Crippen LogP contribution in [0.5, 0.6) is 0 Å². The van der Waals surface area contributed by atoms with Gasteiger partial charge in [0.05, 0.1) is 5.25 Å². The lowest BCUT2D eigenvalue weighted by Crippen LogP contribution is -2.50. The summed E-state index contributed by atoms with van der Waals surface area (Å²) in [6.45, 7) is 7.69. The first-order valence-electron chi connectivity index (χ1n) is 7.76. The van der Waals surface area contributed by atoms with Gasteiger partial charge in [0.1, 0.15) is 0 Å². The lowest BCUT2D eigenvalue weighted by Gasteiger charge is -2.39. The average Bonchev–Trinajstić information content (AvgIpc) is 2.39. The van der Waals surface area contributed by atoms with Gasteiger partial charge in [-0.15, -0.1) is 0 Å². The predicted octanol–water partition coefficient (Wildman–Crippen LogP) is 3.35. The molecular formula is C17H27NOS. The highest BCUT2D eigenvalue weighted by molar-refractivity contribution is 7.84. The van der Waals surface area contributed by atoms with E-state index in [9.17, 15) is 4.21 Å². The van der Waals surface area contributed by atoms with Gasteiger partial charge in [0.15, 0.2) is 0 Å². The molecule has 3 heteroatoms. The first kappa shape index (κ1) is 15.7. The minimum Gasteiger partial charge on any atom is -0.313 e. The zero-order chi connectivity index (χ0) is 14.5. The van der Waals surface area contributed by atoms with Crippen LogP contribution in [-0.4, -0.2) is 22.0 Å². The van der Waals surface area contributed by atoms with Crippen LogP contribution in [0.3, 0.4) is 0 Å². The summed E-state index contributed by atoms with van der Waals surface area (Å²) in [7, 11) is -0.797. The molecule has 2 rings (SSSR count). The third kappa shape index (κ3) is 3.92. The van der Waals surface area contributed by atoms with Crippen molar-refractivity contribution in [2.45, 2.75) is 50.7 Å². The Labute approximate surface area is 125 Å². The molecule has 1 fully saturated rings. The van der Waals surface area contributed by atoms with E-state index in [1.807, 2.05) is 18.2 Å². The van der Waals surface area contributed by atoms with Crippen LogP contribution in [0, 0.1) is 11.8 Å². The van der Waals surface area contributed by atoms with E-state index in [0.29, 0.717) is 17.7 Å². The van der Waals surface area contributed by atoms with Crippen LogP contribution in [0.25, 0.3) is 0 Å². The summed E-state index contributed by atoms with van der Waals surface area (Å²) in [4.78, 5) is 0. The second-order valence-electron chi connectivity index (χ2n) is 6.19. The molecule has 5 unspecified atom stereocenters. The van der Waals surface area contributed by atoms with Crippen LogP contribution in [0.1, 0.15) is 39.2 Å². The summed E-state index contributed by atoms with van der Waals surface area (Å²) in [5, 5.41) is 3.85. The van der Waals surface area contributed by atoms with Crippen LogP contribution in [0.4, 0.5) is 0 Å². The Kier molecular flexibility index (Phi) is 5.79. The van der Waals surface area contributed by atoms with E-state index in [4.69, 9.17) is 0 Å². The monoisotopic (exact) mass is 293 g/mol. The molecule has 1 aromatic rings. The Morgan fingerprint density at radius 3 is 2.55 bits per heavy atom. The van der Waals surface area contributed by atoms with Gasteiger partial charge in [-0.2, -0.15) is 0 Å². The third-order valence-electron chi connectivity index (χ3n) is 4.31. The summed E-state index contributed by atoms with van der Waals surface area (Å²) >= 11 is 0. The number of hydrogen-bond acceptors (Lipinski definition) is 2. The Balaban J connectivity index is 2.08. The SMILES string of the molecule is CCNC1CC(C)CC(C)C1S(=O)Cc1ccccc1. The van der Waals surface area contributed by atoms with Crippen molar-refractivity contribution in [1.29, 1.82) is 0 Å². The van der Waals surface area contributed by atoms with Crippen LogP contribution < -0.4 is 5.32 Å². The summed E-state index contributed by atoms with van der Waals surface area (Å²) in [5.41, 5.74) is 1.19. The van der Waals surface area contributed by atoms with Gasteiger partial charge in [-0.3, -0.25) is 4.21 Å². The van der Waals surface area contributed by atoms with E-state index in [0.717, 1.165) is 18.9 Å². The largest absolute Gasteiger partial charge is 0.313 e. The van der Waals surface area contributed by atoms with Gasteiger partial charge in [-0.25, -0.2) is 0 Å². The van der Waals surface area contributed by atoms with Crippen molar-refractivity contribution < 1.29 is 4.21 Å². The minimum atomic E-state index is -0.797. The molecule has 5 atom stereocenters. The molecule has 1 aromatic carbocycles. The second kappa shape index (κ2) is 7.37. The molecule has 2 nitrogen and oxygen atoms in total. The van der Waals surface area contributed by atoms with Gasteiger partial charge in [-0.1, -0.05) is 51.1 Å². The van der Waals surface area contributed by atoms with Crippen molar-refractivity contribution in [3.8, 4) is 0 Å². The van der Waals surface area contributed by atoms with Crippen LogP contribution in [0.2, 0.25) is 0 Å². The Bertz CT molecular complexity index is 434. The predicted molar refractivity (Wildman–Crippen MR) is 87.1 cm³/mol. The summed E-state index contributed by atoms with van der Waals surface area (Å²) in [6, 6.07) is 10.6. The van der Waals surface area contributed by atoms with Crippen molar-refractivity contribution in [1.82, 2.24) is 5.32 Å². The Morgan fingerprint density at radius 1 is 1.20 bits per heavy atom. The summed E-state index contributed by atoms with van der Waals surface area (Å²) < 4.78 is 12.8. The van der Waals surface area contributed by atoms with E-state index >= 15 is 0 Å². The van der Waals surface area contributed by atoms with Crippen molar-refractivity contribution in [2.24, 2.45) is 11.8 Å². The molecule has 20 heavy (non-hydrogen) atoms. The molecule has 1 aliphatic carbocycles. The quantitative estimate of drug-likeness (QED) is 0.902. The minimum absolute atomic E-state index is 0.284. The van der Waals surface area contributed by atoms with E-state index in [-0.39, 0.29) is 5.25 Å². The molecule has 0 heterocycles. The third-order valence-corrected chi connectivity index (χ3v) is 6.33. The molecule has 0 spiro atoms. The van der Waals surface area contributed by atoms with Crippen molar-refractivity contribution in [2.75, 3.05) is 6.54 Å². The first-order valence-corrected chi connectivity index (χ1v) is 9.14. The van der Waals surface area contributed by atoms with Crippen molar-refractivity contribution in [3.63, 3.8) is 0 Å². The van der Waals surface area contributed by atoms with Crippen molar-refractivity contribution >= 4 is 10.8 Å². The number of benzene rings is 1. The molecule has 0 amide bonds. The zero-order valence-corrected chi connectivity index (χ0v) is 13.7. The second-order valence-corrected chi connectivity index (χ2v) is 7.79. The standard InChI is InChI=1S/C17H27NOS/c1-4-18-16-11-13(2)10-14(3)17(16)20(19)12-15-8-6-5-7-9-15/h5-9,13-14,16-18H,4,10-12H2,1-3H3. The maximum atomic E-state index is 12.8. The molecule has 1 saturated carbocycles. The molecule has 0 bridgehead atoms. The van der Waals surface area contributed by atoms with Gasteiger partial charge in [0.25, 0.3) is 0 Å². The maximum absolute atomic E-state index is 12.8. The average molecular weight is 293 g/mol. The van der Waals surface area contributed by atoms with Crippen LogP contribution in [-0.2, 0) is 16.6 Å².